The van der Waals surface area contributed by atoms with Gasteiger partial charge in [0.05, 0.1) is 10.9 Å². The van der Waals surface area contributed by atoms with Gasteiger partial charge in [-0.2, -0.15) is 0 Å². The minimum Gasteiger partial charge on any atom is -0.352 e. The van der Waals surface area contributed by atoms with Crippen molar-refractivity contribution in [1.82, 2.24) is 29.4 Å². The Kier molecular flexibility index (Phi) is 6.93. The number of nitrogens with one attached hydrogen (secondary N) is 2. The van der Waals surface area contributed by atoms with Crippen molar-refractivity contribution >= 4 is 28.5 Å². The Morgan fingerprint density at radius 2 is 1.64 bits per heavy atom. The molecular weight excluding hydrogens is 460 g/mol. The van der Waals surface area contributed by atoms with Gasteiger partial charge in [0.25, 0.3) is 11.5 Å². The lowest BCUT2D eigenvalue weighted by Gasteiger charge is -2.22. The summed E-state index contributed by atoms with van der Waals surface area (Å²) >= 11 is 0. The summed E-state index contributed by atoms with van der Waals surface area (Å²) < 4.78 is 3.94. The molecule has 2 N–H and O–H groups in total. The molecule has 0 saturated heterocycles. The molecular formula is C26H34N6O4. The van der Waals surface area contributed by atoms with Crippen molar-refractivity contribution in [3.63, 3.8) is 0 Å². The summed E-state index contributed by atoms with van der Waals surface area (Å²) in [6, 6.07) is 5.09. The molecule has 2 heterocycles. The summed E-state index contributed by atoms with van der Waals surface area (Å²) in [6.45, 7) is 2.10. The van der Waals surface area contributed by atoms with E-state index in [1.165, 1.54) is 15.4 Å². The SMILES string of the molecule is CCCn1c(=O)c2ccc(C(=O)NC3CCCC3)cc2n2c(=O)n(CC(=O)NC3CCCCC3)nc12. The zero-order valence-corrected chi connectivity index (χ0v) is 20.8. The number of rotatable bonds is 7. The maximum Gasteiger partial charge on any atom is 0.352 e. The average molecular weight is 495 g/mol. The lowest BCUT2D eigenvalue weighted by molar-refractivity contribution is -0.122. The van der Waals surface area contributed by atoms with Crippen LogP contribution in [0.3, 0.4) is 0 Å². The van der Waals surface area contributed by atoms with Gasteiger partial charge in [-0.05, 0) is 50.3 Å². The van der Waals surface area contributed by atoms with Crippen molar-refractivity contribution in [2.75, 3.05) is 0 Å². The van der Waals surface area contributed by atoms with E-state index in [-0.39, 0.29) is 41.8 Å². The highest BCUT2D eigenvalue weighted by Crippen LogP contribution is 2.20. The van der Waals surface area contributed by atoms with Crippen LogP contribution in [-0.2, 0) is 17.9 Å². The van der Waals surface area contributed by atoms with Crippen LogP contribution >= 0.6 is 0 Å². The fraction of sp³-hybridized carbons (Fsp3) is 0.577. The highest BCUT2D eigenvalue weighted by Gasteiger charge is 2.22. The second-order valence-electron chi connectivity index (χ2n) is 10.1. The van der Waals surface area contributed by atoms with Gasteiger partial charge in [-0.3, -0.25) is 19.0 Å². The molecule has 0 radical (unpaired) electrons. The van der Waals surface area contributed by atoms with Crippen molar-refractivity contribution in [3.05, 3.63) is 44.6 Å². The van der Waals surface area contributed by atoms with E-state index in [1.807, 2.05) is 6.92 Å². The van der Waals surface area contributed by atoms with Crippen LogP contribution in [0.1, 0.15) is 81.5 Å². The number of aryl methyl sites for hydroxylation is 1. The molecule has 0 atom stereocenters. The van der Waals surface area contributed by atoms with Crippen molar-refractivity contribution < 1.29 is 9.59 Å². The molecule has 2 aliphatic carbocycles. The molecule has 0 aliphatic heterocycles. The first-order valence-electron chi connectivity index (χ1n) is 13.2. The third-order valence-corrected chi connectivity index (χ3v) is 7.44. The molecule has 2 saturated carbocycles. The van der Waals surface area contributed by atoms with Gasteiger partial charge >= 0.3 is 5.69 Å². The molecule has 2 aromatic heterocycles. The van der Waals surface area contributed by atoms with Gasteiger partial charge in [0.1, 0.15) is 6.54 Å². The number of benzene rings is 1. The lowest BCUT2D eigenvalue weighted by atomic mass is 9.95. The first-order valence-corrected chi connectivity index (χ1v) is 13.2. The van der Waals surface area contributed by atoms with E-state index in [2.05, 4.69) is 15.7 Å². The van der Waals surface area contributed by atoms with Crippen LogP contribution in [0.4, 0.5) is 0 Å². The molecule has 36 heavy (non-hydrogen) atoms. The van der Waals surface area contributed by atoms with E-state index < -0.39 is 5.69 Å². The largest absolute Gasteiger partial charge is 0.352 e. The fourth-order valence-electron chi connectivity index (χ4n) is 5.58. The van der Waals surface area contributed by atoms with Gasteiger partial charge < -0.3 is 10.6 Å². The number of aromatic nitrogens is 4. The molecule has 0 bridgehead atoms. The second-order valence-corrected chi connectivity index (χ2v) is 10.1. The predicted molar refractivity (Wildman–Crippen MR) is 136 cm³/mol. The maximum absolute atomic E-state index is 13.5. The summed E-state index contributed by atoms with van der Waals surface area (Å²) in [4.78, 5) is 52.4. The predicted octanol–water partition coefficient (Wildman–Crippen LogP) is 2.34. The van der Waals surface area contributed by atoms with E-state index in [9.17, 15) is 19.2 Å². The normalized spacial score (nSPS) is 17.1. The van der Waals surface area contributed by atoms with E-state index in [4.69, 9.17) is 0 Å². The molecule has 0 spiro atoms. The van der Waals surface area contributed by atoms with Crippen LogP contribution < -0.4 is 21.9 Å². The van der Waals surface area contributed by atoms with Gasteiger partial charge in [-0.15, -0.1) is 5.10 Å². The minimum atomic E-state index is -0.507. The van der Waals surface area contributed by atoms with Crippen molar-refractivity contribution in [2.24, 2.45) is 0 Å². The smallest absolute Gasteiger partial charge is 0.352 e. The Hall–Kier alpha value is -3.43. The van der Waals surface area contributed by atoms with Gasteiger partial charge in [0, 0.05) is 24.2 Å². The summed E-state index contributed by atoms with van der Waals surface area (Å²) in [5.74, 6) is -0.308. The highest BCUT2D eigenvalue weighted by atomic mass is 16.2. The van der Waals surface area contributed by atoms with E-state index in [0.717, 1.165) is 56.0 Å². The van der Waals surface area contributed by atoms with Gasteiger partial charge in [-0.1, -0.05) is 39.0 Å². The van der Waals surface area contributed by atoms with Crippen molar-refractivity contribution in [3.8, 4) is 0 Å². The van der Waals surface area contributed by atoms with Crippen molar-refractivity contribution in [2.45, 2.75) is 96.3 Å². The van der Waals surface area contributed by atoms with Crippen LogP contribution in [0.25, 0.3) is 16.7 Å². The fourth-order valence-corrected chi connectivity index (χ4v) is 5.58. The molecule has 1 aromatic carbocycles. The zero-order valence-electron chi connectivity index (χ0n) is 20.8. The summed E-state index contributed by atoms with van der Waals surface area (Å²) in [6.07, 6.45) is 10.0. The summed E-state index contributed by atoms with van der Waals surface area (Å²) in [7, 11) is 0. The molecule has 2 aliphatic rings. The quantitative estimate of drug-likeness (QED) is 0.523. The average Bonchev–Trinajstić information content (AvgIpc) is 3.50. The van der Waals surface area contributed by atoms with E-state index in [0.29, 0.717) is 29.4 Å². The Morgan fingerprint density at radius 1 is 0.972 bits per heavy atom. The Bertz CT molecular complexity index is 1410. The number of carbonyl (C=O) groups is 2. The van der Waals surface area contributed by atoms with Gasteiger partial charge in [0.2, 0.25) is 11.7 Å². The van der Waals surface area contributed by atoms with Crippen LogP contribution in [0, 0.1) is 0 Å². The van der Waals surface area contributed by atoms with Crippen LogP contribution in [0.15, 0.2) is 27.8 Å². The maximum atomic E-state index is 13.5. The first kappa shape index (κ1) is 24.3. The number of nitrogens with zero attached hydrogens (tertiary/aromatic N) is 4. The van der Waals surface area contributed by atoms with E-state index >= 15 is 0 Å². The van der Waals surface area contributed by atoms with Crippen LogP contribution in [-0.4, -0.2) is 42.6 Å². The number of hydrogen-bond acceptors (Lipinski definition) is 5. The van der Waals surface area contributed by atoms with Crippen LogP contribution in [0.5, 0.6) is 0 Å². The molecule has 2 fully saturated rings. The standard InChI is InChI=1S/C26H34N6O4/c1-2-14-30-24(35)20-13-12-17(23(34)28-19-10-6-7-11-19)15-21(20)32-25(30)29-31(26(32)36)16-22(33)27-18-8-4-3-5-9-18/h12-13,15,18-19H,2-11,14,16H2,1H3,(H,27,33)(H,28,34). The molecule has 10 heteroatoms. The summed E-state index contributed by atoms with van der Waals surface area (Å²) in [5, 5.41) is 10.8. The Morgan fingerprint density at radius 3 is 2.33 bits per heavy atom. The molecule has 3 aromatic rings. The first-order chi connectivity index (χ1) is 17.5. The second kappa shape index (κ2) is 10.3. The number of carbonyl (C=O) groups excluding carboxylic acids is 2. The molecule has 5 rings (SSSR count). The Balaban J connectivity index is 1.54. The highest BCUT2D eigenvalue weighted by molar-refractivity contribution is 5.98. The topological polar surface area (TPSA) is 120 Å². The third-order valence-electron chi connectivity index (χ3n) is 7.44. The number of hydrogen-bond donors (Lipinski definition) is 2. The molecule has 0 unspecified atom stereocenters. The van der Waals surface area contributed by atoms with Crippen LogP contribution in [0.2, 0.25) is 0 Å². The zero-order chi connectivity index (χ0) is 25.2. The lowest BCUT2D eigenvalue weighted by Crippen LogP contribution is -2.40. The molecule has 192 valence electrons. The third kappa shape index (κ3) is 4.68. The molecule has 10 nitrogen and oxygen atoms in total. The summed E-state index contributed by atoms with van der Waals surface area (Å²) in [5.41, 5.74) is -0.0682. The van der Waals surface area contributed by atoms with Gasteiger partial charge in [-0.25, -0.2) is 13.9 Å². The van der Waals surface area contributed by atoms with E-state index in [1.54, 1.807) is 18.2 Å². The number of amides is 2. The molecule has 2 amide bonds. The minimum absolute atomic E-state index is 0.124. The van der Waals surface area contributed by atoms with Crippen molar-refractivity contribution in [1.29, 1.82) is 0 Å². The Labute approximate surface area is 208 Å². The monoisotopic (exact) mass is 494 g/mol. The van der Waals surface area contributed by atoms with Gasteiger partial charge in [0.15, 0.2) is 0 Å². The number of fused-ring (bicyclic) bond motifs is 3.